The van der Waals surface area contributed by atoms with E-state index < -0.39 is 6.04 Å². The van der Waals surface area contributed by atoms with Crippen molar-refractivity contribution in [3.8, 4) is 0 Å². The highest BCUT2D eigenvalue weighted by Crippen LogP contribution is 2.06. The molecule has 2 N–H and O–H groups in total. The van der Waals surface area contributed by atoms with Crippen molar-refractivity contribution in [2.24, 2.45) is 0 Å². The second kappa shape index (κ2) is 8.37. The van der Waals surface area contributed by atoms with Crippen LogP contribution in [0.3, 0.4) is 0 Å². The number of carbonyl (C=O) groups excluding carboxylic acids is 2. The maximum atomic E-state index is 11.7. The Morgan fingerprint density at radius 2 is 2.00 bits per heavy atom. The second-order valence-corrected chi connectivity index (χ2v) is 4.99. The van der Waals surface area contributed by atoms with Crippen LogP contribution in [0, 0.1) is 0 Å². The van der Waals surface area contributed by atoms with E-state index in [4.69, 9.17) is 0 Å². The van der Waals surface area contributed by atoms with Crippen molar-refractivity contribution >= 4 is 24.4 Å². The molecule has 1 saturated heterocycles. The smallest absolute Gasteiger partial charge is 0.243 e. The highest BCUT2D eigenvalue weighted by molar-refractivity contribution is 7.80. The second-order valence-electron chi connectivity index (χ2n) is 4.63. The van der Waals surface area contributed by atoms with E-state index in [-0.39, 0.29) is 11.8 Å². The SMILES string of the molecule is CC(=O)NC(CS)C(=O)NCCCN1CCCC1. The number of likely N-dealkylation sites (tertiary alicyclic amines) is 1. The van der Waals surface area contributed by atoms with Crippen LogP contribution in [-0.2, 0) is 9.59 Å². The lowest BCUT2D eigenvalue weighted by Crippen LogP contribution is -2.47. The minimum absolute atomic E-state index is 0.151. The predicted octanol–water partition coefficient (Wildman–Crippen LogP) is 0.0230. The molecule has 0 radical (unpaired) electrons. The Kier molecular flexibility index (Phi) is 7.12. The Hall–Kier alpha value is -0.750. The van der Waals surface area contributed by atoms with Gasteiger partial charge >= 0.3 is 0 Å². The number of carbonyl (C=O) groups is 2. The summed E-state index contributed by atoms with van der Waals surface area (Å²) in [7, 11) is 0. The Morgan fingerprint density at radius 3 is 2.56 bits per heavy atom. The summed E-state index contributed by atoms with van der Waals surface area (Å²) in [4.78, 5) is 25.0. The normalized spacial score (nSPS) is 17.4. The first-order valence-corrected chi connectivity index (χ1v) is 7.14. The minimum atomic E-state index is -0.530. The number of amides is 2. The average molecular weight is 273 g/mol. The van der Waals surface area contributed by atoms with Gasteiger partial charge in [0, 0.05) is 19.2 Å². The summed E-state index contributed by atoms with van der Waals surface area (Å²) >= 11 is 4.06. The number of nitrogens with one attached hydrogen (secondary N) is 2. The van der Waals surface area contributed by atoms with Gasteiger partial charge in [-0.15, -0.1) is 0 Å². The third kappa shape index (κ3) is 5.73. The van der Waals surface area contributed by atoms with Crippen LogP contribution in [0.15, 0.2) is 0 Å². The van der Waals surface area contributed by atoms with Gasteiger partial charge in [0.05, 0.1) is 0 Å². The van der Waals surface area contributed by atoms with Crippen LogP contribution in [0.25, 0.3) is 0 Å². The van der Waals surface area contributed by atoms with Crippen LogP contribution in [0.4, 0.5) is 0 Å². The Morgan fingerprint density at radius 1 is 1.33 bits per heavy atom. The Bertz CT molecular complexity index is 280. The summed E-state index contributed by atoms with van der Waals surface area (Å²) in [6.07, 6.45) is 3.53. The molecule has 1 heterocycles. The van der Waals surface area contributed by atoms with Gasteiger partial charge in [-0.1, -0.05) is 0 Å². The van der Waals surface area contributed by atoms with Crippen molar-refractivity contribution in [2.45, 2.75) is 32.2 Å². The molecule has 1 aliphatic heterocycles. The quantitative estimate of drug-likeness (QED) is 0.453. The number of nitrogens with zero attached hydrogens (tertiary/aromatic N) is 1. The highest BCUT2D eigenvalue weighted by atomic mass is 32.1. The van der Waals surface area contributed by atoms with Gasteiger partial charge < -0.3 is 15.5 Å². The first-order valence-electron chi connectivity index (χ1n) is 6.51. The maximum Gasteiger partial charge on any atom is 0.243 e. The number of rotatable bonds is 7. The van der Waals surface area contributed by atoms with Crippen LogP contribution in [-0.4, -0.2) is 54.7 Å². The van der Waals surface area contributed by atoms with Crippen molar-refractivity contribution in [1.29, 1.82) is 0 Å². The first kappa shape index (κ1) is 15.3. The molecule has 1 aliphatic rings. The number of hydrogen-bond acceptors (Lipinski definition) is 4. The minimum Gasteiger partial charge on any atom is -0.354 e. The molecule has 2 amide bonds. The first-order chi connectivity index (χ1) is 8.63. The van der Waals surface area contributed by atoms with E-state index in [0.29, 0.717) is 12.3 Å². The molecule has 0 bridgehead atoms. The number of thiol groups is 1. The molecule has 0 spiro atoms. The zero-order valence-electron chi connectivity index (χ0n) is 10.9. The molecule has 6 heteroatoms. The van der Waals surface area contributed by atoms with Crippen molar-refractivity contribution in [3.63, 3.8) is 0 Å². The molecule has 1 atom stereocenters. The van der Waals surface area contributed by atoms with Crippen molar-refractivity contribution in [2.75, 3.05) is 31.9 Å². The average Bonchev–Trinajstić information content (AvgIpc) is 2.84. The molecule has 1 fully saturated rings. The van der Waals surface area contributed by atoms with Crippen LogP contribution >= 0.6 is 12.6 Å². The van der Waals surface area contributed by atoms with Crippen molar-refractivity contribution < 1.29 is 9.59 Å². The summed E-state index contributed by atoms with van der Waals surface area (Å²) in [5, 5.41) is 5.41. The standard InChI is InChI=1S/C12H23N3O2S/c1-10(16)14-11(9-18)12(17)13-5-4-8-15-6-2-3-7-15/h11,18H,2-9H2,1H3,(H,13,17)(H,14,16). The van der Waals surface area contributed by atoms with Crippen LogP contribution in [0.5, 0.6) is 0 Å². The lowest BCUT2D eigenvalue weighted by atomic mass is 10.3. The van der Waals surface area contributed by atoms with E-state index >= 15 is 0 Å². The largest absolute Gasteiger partial charge is 0.354 e. The molecule has 1 rings (SSSR count). The van der Waals surface area contributed by atoms with E-state index in [1.165, 1.54) is 32.9 Å². The summed E-state index contributed by atoms with van der Waals surface area (Å²) in [6.45, 7) is 5.44. The van der Waals surface area contributed by atoms with E-state index in [1.54, 1.807) is 0 Å². The molecular formula is C12H23N3O2S. The predicted molar refractivity (Wildman–Crippen MR) is 74.8 cm³/mol. The Labute approximate surface area is 114 Å². The van der Waals surface area contributed by atoms with E-state index in [9.17, 15) is 9.59 Å². The zero-order chi connectivity index (χ0) is 13.4. The third-order valence-electron chi connectivity index (χ3n) is 3.03. The topological polar surface area (TPSA) is 61.4 Å². The fourth-order valence-electron chi connectivity index (χ4n) is 2.08. The fraction of sp³-hybridized carbons (Fsp3) is 0.833. The lowest BCUT2D eigenvalue weighted by molar-refractivity contribution is -0.127. The maximum absolute atomic E-state index is 11.7. The summed E-state index contributed by atoms with van der Waals surface area (Å²) in [5.74, 6) is -0.0414. The van der Waals surface area contributed by atoms with Gasteiger partial charge in [-0.05, 0) is 38.9 Å². The van der Waals surface area contributed by atoms with Crippen molar-refractivity contribution in [1.82, 2.24) is 15.5 Å². The van der Waals surface area contributed by atoms with Crippen LogP contribution < -0.4 is 10.6 Å². The summed E-state index contributed by atoms with van der Waals surface area (Å²) in [5.41, 5.74) is 0. The molecule has 104 valence electrons. The lowest BCUT2D eigenvalue weighted by Gasteiger charge is -2.17. The zero-order valence-corrected chi connectivity index (χ0v) is 11.8. The van der Waals surface area contributed by atoms with Crippen LogP contribution in [0.1, 0.15) is 26.2 Å². The molecule has 18 heavy (non-hydrogen) atoms. The molecular weight excluding hydrogens is 250 g/mol. The van der Waals surface area contributed by atoms with Gasteiger partial charge in [-0.3, -0.25) is 9.59 Å². The number of hydrogen-bond donors (Lipinski definition) is 3. The fourth-order valence-corrected chi connectivity index (χ4v) is 2.34. The van der Waals surface area contributed by atoms with Gasteiger partial charge in [0.2, 0.25) is 11.8 Å². The molecule has 1 unspecified atom stereocenters. The van der Waals surface area contributed by atoms with Gasteiger partial charge in [-0.25, -0.2) is 0 Å². The summed E-state index contributed by atoms with van der Waals surface area (Å²) < 4.78 is 0. The van der Waals surface area contributed by atoms with E-state index in [1.807, 2.05) is 0 Å². The molecule has 5 nitrogen and oxygen atoms in total. The van der Waals surface area contributed by atoms with Gasteiger partial charge in [0.15, 0.2) is 0 Å². The van der Waals surface area contributed by atoms with E-state index in [0.717, 1.165) is 13.0 Å². The molecule has 0 aromatic heterocycles. The van der Waals surface area contributed by atoms with Crippen molar-refractivity contribution in [3.05, 3.63) is 0 Å². The van der Waals surface area contributed by atoms with Gasteiger partial charge in [0.1, 0.15) is 6.04 Å². The summed E-state index contributed by atoms with van der Waals surface area (Å²) in [6, 6.07) is -0.530. The monoisotopic (exact) mass is 273 g/mol. The molecule has 0 aromatic carbocycles. The molecule has 0 saturated carbocycles. The third-order valence-corrected chi connectivity index (χ3v) is 3.39. The highest BCUT2D eigenvalue weighted by Gasteiger charge is 2.17. The molecule has 0 aliphatic carbocycles. The van der Waals surface area contributed by atoms with Gasteiger partial charge in [-0.2, -0.15) is 12.6 Å². The Balaban J connectivity index is 2.12. The van der Waals surface area contributed by atoms with E-state index in [2.05, 4.69) is 28.2 Å². The van der Waals surface area contributed by atoms with Gasteiger partial charge in [0.25, 0.3) is 0 Å². The van der Waals surface area contributed by atoms with Crippen LogP contribution in [0.2, 0.25) is 0 Å². The molecule has 0 aromatic rings.